The van der Waals surface area contributed by atoms with Crippen LogP contribution in [-0.4, -0.2) is 4.83 Å². The van der Waals surface area contributed by atoms with Gasteiger partial charge in [-0.15, -0.1) is 0 Å². The van der Waals surface area contributed by atoms with E-state index in [1.54, 1.807) is 0 Å². The molecular formula is C16H25Br. The topological polar surface area (TPSA) is 0 Å². The Morgan fingerprint density at radius 2 is 1.65 bits per heavy atom. The molecule has 96 valence electrons. The third-order valence-corrected chi connectivity index (χ3v) is 5.04. The Labute approximate surface area is 115 Å². The van der Waals surface area contributed by atoms with E-state index < -0.39 is 0 Å². The summed E-state index contributed by atoms with van der Waals surface area (Å²) < 4.78 is 0. The van der Waals surface area contributed by atoms with Gasteiger partial charge in [0.2, 0.25) is 0 Å². The Balaban J connectivity index is 2.09. The van der Waals surface area contributed by atoms with Crippen LogP contribution in [0.25, 0.3) is 0 Å². The van der Waals surface area contributed by atoms with E-state index in [2.05, 4.69) is 67.0 Å². The van der Waals surface area contributed by atoms with Gasteiger partial charge >= 0.3 is 0 Å². The first-order valence-electron chi connectivity index (χ1n) is 6.68. The van der Waals surface area contributed by atoms with Crippen molar-refractivity contribution in [1.82, 2.24) is 0 Å². The van der Waals surface area contributed by atoms with Crippen LogP contribution in [0.1, 0.15) is 52.0 Å². The van der Waals surface area contributed by atoms with Gasteiger partial charge in [0.05, 0.1) is 0 Å². The van der Waals surface area contributed by atoms with Crippen molar-refractivity contribution in [1.29, 1.82) is 0 Å². The summed E-state index contributed by atoms with van der Waals surface area (Å²) in [5.41, 5.74) is 1.86. The molecule has 1 rings (SSSR count). The highest BCUT2D eigenvalue weighted by molar-refractivity contribution is 9.09. The zero-order chi connectivity index (χ0) is 12.7. The number of hydrogen-bond acceptors (Lipinski definition) is 0. The van der Waals surface area contributed by atoms with Crippen molar-refractivity contribution in [2.24, 2.45) is 5.41 Å². The molecule has 0 saturated heterocycles. The molecule has 0 amide bonds. The minimum absolute atomic E-state index is 0.388. The van der Waals surface area contributed by atoms with E-state index in [1.165, 1.54) is 37.7 Å². The highest BCUT2D eigenvalue weighted by Gasteiger charge is 2.20. The molecule has 0 N–H and O–H groups in total. The molecule has 0 spiro atoms. The van der Waals surface area contributed by atoms with Crippen LogP contribution < -0.4 is 0 Å². The van der Waals surface area contributed by atoms with Crippen LogP contribution in [0.4, 0.5) is 0 Å². The lowest BCUT2D eigenvalue weighted by atomic mass is 9.89. The van der Waals surface area contributed by atoms with Crippen LogP contribution in [0.3, 0.4) is 0 Å². The monoisotopic (exact) mass is 296 g/mol. The van der Waals surface area contributed by atoms with E-state index in [0.29, 0.717) is 10.2 Å². The van der Waals surface area contributed by atoms with E-state index in [1.807, 2.05) is 0 Å². The molecule has 1 atom stereocenters. The van der Waals surface area contributed by atoms with Gasteiger partial charge in [0.15, 0.2) is 0 Å². The fourth-order valence-corrected chi connectivity index (χ4v) is 2.23. The molecule has 0 saturated carbocycles. The third kappa shape index (κ3) is 6.26. The largest absolute Gasteiger partial charge is 0.0885 e. The summed E-state index contributed by atoms with van der Waals surface area (Å²) in [7, 11) is 0. The number of benzene rings is 1. The van der Waals surface area contributed by atoms with Crippen molar-refractivity contribution in [3.63, 3.8) is 0 Å². The van der Waals surface area contributed by atoms with Crippen molar-refractivity contribution >= 4 is 15.9 Å². The van der Waals surface area contributed by atoms with Crippen molar-refractivity contribution in [3.8, 4) is 0 Å². The smallest absolute Gasteiger partial charge is 0.0194 e. The van der Waals surface area contributed by atoms with Crippen molar-refractivity contribution in [2.75, 3.05) is 0 Å². The molecule has 0 aliphatic heterocycles. The lowest BCUT2D eigenvalue weighted by Crippen LogP contribution is -2.19. The highest BCUT2D eigenvalue weighted by Crippen LogP contribution is 2.30. The molecule has 17 heavy (non-hydrogen) atoms. The lowest BCUT2D eigenvalue weighted by molar-refractivity contribution is 0.377. The molecular weight excluding hydrogens is 272 g/mol. The molecule has 0 fully saturated rings. The number of unbranched alkanes of at least 4 members (excludes halogenated alkanes) is 2. The van der Waals surface area contributed by atoms with Gasteiger partial charge in [0.25, 0.3) is 0 Å². The maximum atomic E-state index is 3.80. The quantitative estimate of drug-likeness (QED) is 0.473. The first-order chi connectivity index (χ1) is 8.00. The van der Waals surface area contributed by atoms with Crippen LogP contribution in [0.15, 0.2) is 30.3 Å². The molecule has 1 aromatic carbocycles. The number of hydrogen-bond donors (Lipinski definition) is 0. The average Bonchev–Trinajstić information content (AvgIpc) is 2.28. The second kappa shape index (κ2) is 7.20. The van der Waals surface area contributed by atoms with Crippen molar-refractivity contribution in [2.45, 2.75) is 57.7 Å². The normalized spacial score (nSPS) is 13.6. The predicted molar refractivity (Wildman–Crippen MR) is 80.8 cm³/mol. The highest BCUT2D eigenvalue weighted by atomic mass is 79.9. The maximum Gasteiger partial charge on any atom is 0.0194 e. The summed E-state index contributed by atoms with van der Waals surface area (Å²) in [6.07, 6.45) is 6.50. The van der Waals surface area contributed by atoms with E-state index >= 15 is 0 Å². The van der Waals surface area contributed by atoms with Gasteiger partial charge in [-0.25, -0.2) is 0 Å². The van der Waals surface area contributed by atoms with Crippen LogP contribution in [-0.2, 0) is 6.42 Å². The second-order valence-electron chi connectivity index (χ2n) is 5.92. The minimum atomic E-state index is 0.388. The Bertz CT molecular complexity index is 297. The maximum absolute atomic E-state index is 3.80. The molecule has 1 heteroatoms. The van der Waals surface area contributed by atoms with E-state index in [0.717, 1.165) is 0 Å². The number of alkyl halides is 1. The Morgan fingerprint density at radius 1 is 1.00 bits per heavy atom. The van der Waals surface area contributed by atoms with Crippen LogP contribution >= 0.6 is 15.9 Å². The van der Waals surface area contributed by atoms with E-state index in [9.17, 15) is 0 Å². The van der Waals surface area contributed by atoms with Gasteiger partial charge in [0, 0.05) is 4.83 Å². The molecule has 0 aliphatic carbocycles. The summed E-state index contributed by atoms with van der Waals surface area (Å²) >= 11 is 3.80. The Morgan fingerprint density at radius 3 is 2.24 bits per heavy atom. The summed E-state index contributed by atoms with van der Waals surface area (Å²) in [4.78, 5) is 0.645. The second-order valence-corrected chi connectivity index (χ2v) is 7.02. The molecule has 1 unspecified atom stereocenters. The van der Waals surface area contributed by atoms with Crippen LogP contribution in [0, 0.1) is 5.41 Å². The number of aryl methyl sites for hydroxylation is 1. The number of rotatable bonds is 6. The Hall–Kier alpha value is -0.300. The first-order valence-corrected chi connectivity index (χ1v) is 7.60. The molecule has 1 aromatic rings. The molecule has 0 bridgehead atoms. The van der Waals surface area contributed by atoms with Crippen LogP contribution in [0.5, 0.6) is 0 Å². The first kappa shape index (κ1) is 14.8. The van der Waals surface area contributed by atoms with Gasteiger partial charge in [-0.3, -0.25) is 0 Å². The fraction of sp³-hybridized carbons (Fsp3) is 0.625. The summed E-state index contributed by atoms with van der Waals surface area (Å²) in [6.45, 7) is 6.91. The fourth-order valence-electron chi connectivity index (χ4n) is 1.91. The van der Waals surface area contributed by atoms with Gasteiger partial charge < -0.3 is 0 Å². The molecule has 0 radical (unpaired) electrons. The van der Waals surface area contributed by atoms with Gasteiger partial charge in [0.1, 0.15) is 0 Å². The van der Waals surface area contributed by atoms with Crippen molar-refractivity contribution < 1.29 is 0 Å². The standard InChI is InChI=1S/C16H25Br/c1-16(2,3)15(17)13-9-5-8-12-14-10-6-4-7-11-14/h4,6-7,10-11,15H,5,8-9,12-13H2,1-3H3. The SMILES string of the molecule is CC(C)(C)C(Br)CCCCCc1ccccc1. The minimum Gasteiger partial charge on any atom is -0.0885 e. The van der Waals surface area contributed by atoms with E-state index in [4.69, 9.17) is 0 Å². The van der Waals surface area contributed by atoms with Gasteiger partial charge in [-0.05, 0) is 30.2 Å². The Kier molecular flexibility index (Phi) is 6.26. The van der Waals surface area contributed by atoms with E-state index in [-0.39, 0.29) is 0 Å². The zero-order valence-corrected chi connectivity index (χ0v) is 13.0. The summed E-state index contributed by atoms with van der Waals surface area (Å²) in [6, 6.07) is 10.8. The molecule has 0 aliphatic rings. The average molecular weight is 297 g/mol. The zero-order valence-electron chi connectivity index (χ0n) is 11.4. The van der Waals surface area contributed by atoms with Crippen molar-refractivity contribution in [3.05, 3.63) is 35.9 Å². The third-order valence-electron chi connectivity index (χ3n) is 3.21. The summed E-state index contributed by atoms with van der Waals surface area (Å²) in [5.74, 6) is 0. The van der Waals surface area contributed by atoms with Gasteiger partial charge in [-0.2, -0.15) is 0 Å². The molecule has 0 aromatic heterocycles. The number of halogens is 1. The summed E-state index contributed by atoms with van der Waals surface area (Å²) in [5, 5.41) is 0. The lowest BCUT2D eigenvalue weighted by Gasteiger charge is -2.25. The predicted octanol–water partition coefficient (Wildman–Crippen LogP) is 5.60. The molecule has 0 nitrogen and oxygen atoms in total. The van der Waals surface area contributed by atoms with Crippen LogP contribution in [0.2, 0.25) is 0 Å². The molecule has 0 heterocycles. The van der Waals surface area contributed by atoms with Gasteiger partial charge in [-0.1, -0.05) is 79.9 Å².